The molecule has 0 unspecified atom stereocenters. The minimum atomic E-state index is -0.483. The van der Waals surface area contributed by atoms with Gasteiger partial charge in [0.25, 0.3) is 0 Å². The molecule has 0 bridgehead atoms. The first-order chi connectivity index (χ1) is 9.31. The van der Waals surface area contributed by atoms with Crippen LogP contribution in [0.15, 0.2) is 28.7 Å². The zero-order valence-corrected chi connectivity index (χ0v) is 13.6. The average molecular weight is 342 g/mol. The number of ether oxygens (including phenoxy) is 2. The number of rotatable bonds is 4. The van der Waals surface area contributed by atoms with Crippen molar-refractivity contribution in [3.8, 4) is 0 Å². The van der Waals surface area contributed by atoms with Crippen LogP contribution in [-0.2, 0) is 19.9 Å². The Labute approximate surface area is 128 Å². The number of hydrogen-bond acceptors (Lipinski definition) is 4. The number of hydrogen-bond donors (Lipinski definition) is 1. The van der Waals surface area contributed by atoms with Crippen LogP contribution in [0.2, 0.25) is 0 Å². The fourth-order valence-corrected chi connectivity index (χ4v) is 2.33. The van der Waals surface area contributed by atoms with Crippen molar-refractivity contribution in [1.82, 2.24) is 5.32 Å². The number of carbonyl (C=O) groups excluding carboxylic acids is 1. The van der Waals surface area contributed by atoms with E-state index in [0.717, 1.165) is 10.0 Å². The third-order valence-corrected chi connectivity index (χ3v) is 3.61. The van der Waals surface area contributed by atoms with E-state index in [0.29, 0.717) is 13.1 Å². The van der Waals surface area contributed by atoms with Gasteiger partial charge >= 0.3 is 5.97 Å². The Balaban J connectivity index is 1.98. The van der Waals surface area contributed by atoms with Crippen molar-refractivity contribution in [3.05, 3.63) is 34.3 Å². The van der Waals surface area contributed by atoms with E-state index in [1.165, 1.54) is 0 Å². The van der Waals surface area contributed by atoms with Gasteiger partial charge in [-0.1, -0.05) is 28.1 Å². The van der Waals surface area contributed by atoms with E-state index < -0.39 is 11.2 Å². The van der Waals surface area contributed by atoms with E-state index >= 15 is 0 Å². The Hall–Kier alpha value is -0.910. The molecular formula is C15H20BrNO3. The highest BCUT2D eigenvalue weighted by Crippen LogP contribution is 2.31. The standard InChI is InChI=1S/C15H20BrNO3/c1-14(2,3)20-13(18)8-19-15(9-17-10-15)11-4-6-12(16)7-5-11/h4-7,17H,8-10H2,1-3H3. The molecule has 4 nitrogen and oxygen atoms in total. The molecule has 1 aliphatic rings. The molecule has 1 aliphatic heterocycles. The molecule has 5 heteroatoms. The van der Waals surface area contributed by atoms with Crippen LogP contribution >= 0.6 is 15.9 Å². The van der Waals surface area contributed by atoms with Gasteiger partial charge in [-0.2, -0.15) is 0 Å². The lowest BCUT2D eigenvalue weighted by atomic mass is 9.88. The summed E-state index contributed by atoms with van der Waals surface area (Å²) in [5, 5.41) is 3.20. The Morgan fingerprint density at radius 3 is 2.35 bits per heavy atom. The summed E-state index contributed by atoms with van der Waals surface area (Å²) in [7, 11) is 0. The lowest BCUT2D eigenvalue weighted by Gasteiger charge is -2.42. The molecule has 0 spiro atoms. The van der Waals surface area contributed by atoms with Crippen LogP contribution < -0.4 is 5.32 Å². The Morgan fingerprint density at radius 2 is 1.90 bits per heavy atom. The second-order valence-electron chi connectivity index (χ2n) is 5.98. The fourth-order valence-electron chi connectivity index (χ4n) is 2.06. The van der Waals surface area contributed by atoms with E-state index in [9.17, 15) is 4.79 Å². The van der Waals surface area contributed by atoms with Crippen LogP contribution in [0, 0.1) is 0 Å². The van der Waals surface area contributed by atoms with Gasteiger partial charge in [0.15, 0.2) is 0 Å². The number of benzene rings is 1. The van der Waals surface area contributed by atoms with Crippen molar-refractivity contribution in [2.75, 3.05) is 19.7 Å². The highest BCUT2D eigenvalue weighted by Gasteiger charge is 2.40. The number of esters is 1. The molecule has 1 aromatic rings. The van der Waals surface area contributed by atoms with E-state index in [-0.39, 0.29) is 12.6 Å². The number of carbonyl (C=O) groups is 1. The topological polar surface area (TPSA) is 47.6 Å². The summed E-state index contributed by atoms with van der Waals surface area (Å²) in [5.74, 6) is -0.333. The SMILES string of the molecule is CC(C)(C)OC(=O)COC1(c2ccc(Br)cc2)CNC1. The molecule has 0 saturated carbocycles. The monoisotopic (exact) mass is 341 g/mol. The lowest BCUT2D eigenvalue weighted by molar-refractivity contribution is -0.171. The highest BCUT2D eigenvalue weighted by atomic mass is 79.9. The summed E-state index contributed by atoms with van der Waals surface area (Å²) in [6, 6.07) is 7.98. The summed E-state index contributed by atoms with van der Waals surface area (Å²) in [5.41, 5.74) is 0.170. The van der Waals surface area contributed by atoms with Gasteiger partial charge in [-0.05, 0) is 38.5 Å². The molecule has 0 aliphatic carbocycles. The fraction of sp³-hybridized carbons (Fsp3) is 0.533. The van der Waals surface area contributed by atoms with Crippen LogP contribution in [0.5, 0.6) is 0 Å². The Morgan fingerprint density at radius 1 is 1.30 bits per heavy atom. The van der Waals surface area contributed by atoms with Crippen LogP contribution in [0.3, 0.4) is 0 Å². The molecule has 0 amide bonds. The summed E-state index contributed by atoms with van der Waals surface area (Å²) in [6.07, 6.45) is 0. The van der Waals surface area contributed by atoms with Crippen LogP contribution in [0.1, 0.15) is 26.3 Å². The van der Waals surface area contributed by atoms with E-state index in [4.69, 9.17) is 9.47 Å². The van der Waals surface area contributed by atoms with Crippen molar-refractivity contribution >= 4 is 21.9 Å². The summed E-state index contributed by atoms with van der Waals surface area (Å²) in [4.78, 5) is 11.8. The van der Waals surface area contributed by atoms with Crippen LogP contribution in [-0.4, -0.2) is 31.3 Å². The molecule has 2 rings (SSSR count). The molecule has 1 fully saturated rings. The minimum absolute atomic E-state index is 0.0327. The maximum Gasteiger partial charge on any atom is 0.332 e. The maximum atomic E-state index is 11.8. The van der Waals surface area contributed by atoms with Crippen molar-refractivity contribution < 1.29 is 14.3 Å². The van der Waals surface area contributed by atoms with Gasteiger partial charge in [0.1, 0.15) is 17.8 Å². The molecule has 110 valence electrons. The van der Waals surface area contributed by atoms with Gasteiger partial charge in [0.05, 0.1) is 0 Å². The molecular weight excluding hydrogens is 322 g/mol. The van der Waals surface area contributed by atoms with Crippen molar-refractivity contribution in [3.63, 3.8) is 0 Å². The van der Waals surface area contributed by atoms with Crippen molar-refractivity contribution in [2.45, 2.75) is 32.0 Å². The van der Waals surface area contributed by atoms with Crippen molar-refractivity contribution in [1.29, 1.82) is 0 Å². The Kier molecular flexibility index (Phi) is 4.52. The predicted molar refractivity (Wildman–Crippen MR) is 80.5 cm³/mol. The summed E-state index contributed by atoms with van der Waals surface area (Å²) in [6.45, 7) is 6.92. The van der Waals surface area contributed by atoms with Gasteiger partial charge in [-0.3, -0.25) is 0 Å². The molecule has 0 radical (unpaired) electrons. The van der Waals surface area contributed by atoms with Gasteiger partial charge in [-0.25, -0.2) is 4.79 Å². The Bertz CT molecular complexity index is 475. The summed E-state index contributed by atoms with van der Waals surface area (Å²) >= 11 is 3.42. The van der Waals surface area contributed by atoms with Crippen LogP contribution in [0.4, 0.5) is 0 Å². The van der Waals surface area contributed by atoms with E-state index in [1.54, 1.807) is 0 Å². The first-order valence-electron chi connectivity index (χ1n) is 6.63. The molecule has 0 aromatic heterocycles. The normalized spacial score (nSPS) is 17.4. The lowest BCUT2D eigenvalue weighted by Crippen LogP contribution is -2.59. The van der Waals surface area contributed by atoms with Crippen molar-refractivity contribution in [2.24, 2.45) is 0 Å². The number of halogens is 1. The molecule has 1 heterocycles. The van der Waals surface area contributed by atoms with E-state index in [1.807, 2.05) is 45.0 Å². The smallest absolute Gasteiger partial charge is 0.332 e. The van der Waals surface area contributed by atoms with Gasteiger partial charge < -0.3 is 14.8 Å². The molecule has 1 aromatic carbocycles. The third kappa shape index (κ3) is 3.81. The second-order valence-corrected chi connectivity index (χ2v) is 6.90. The zero-order valence-electron chi connectivity index (χ0n) is 12.0. The molecule has 1 N–H and O–H groups in total. The molecule has 0 atom stereocenters. The quantitative estimate of drug-likeness (QED) is 0.855. The second kappa shape index (κ2) is 5.84. The summed E-state index contributed by atoms with van der Waals surface area (Å²) < 4.78 is 12.1. The van der Waals surface area contributed by atoms with Crippen LogP contribution in [0.25, 0.3) is 0 Å². The molecule has 1 saturated heterocycles. The maximum absolute atomic E-state index is 11.8. The van der Waals surface area contributed by atoms with Gasteiger partial charge in [0, 0.05) is 17.6 Å². The average Bonchev–Trinajstić information content (AvgIpc) is 2.27. The minimum Gasteiger partial charge on any atom is -0.458 e. The van der Waals surface area contributed by atoms with Gasteiger partial charge in [-0.15, -0.1) is 0 Å². The third-order valence-electron chi connectivity index (χ3n) is 3.08. The zero-order chi connectivity index (χ0) is 14.8. The van der Waals surface area contributed by atoms with Gasteiger partial charge in [0.2, 0.25) is 0 Å². The predicted octanol–water partition coefficient (Wildman–Crippen LogP) is 2.61. The van der Waals surface area contributed by atoms with E-state index in [2.05, 4.69) is 21.2 Å². The highest BCUT2D eigenvalue weighted by molar-refractivity contribution is 9.10. The molecule has 20 heavy (non-hydrogen) atoms. The largest absolute Gasteiger partial charge is 0.458 e. The first kappa shape index (κ1) is 15.5. The number of nitrogens with one attached hydrogen (secondary N) is 1. The first-order valence-corrected chi connectivity index (χ1v) is 7.43.